The predicted molar refractivity (Wildman–Crippen MR) is 78.0 cm³/mol. The first-order chi connectivity index (χ1) is 9.65. The maximum Gasteiger partial charge on any atom is 0.267 e. The van der Waals surface area contributed by atoms with Crippen molar-refractivity contribution in [1.29, 1.82) is 0 Å². The predicted octanol–water partition coefficient (Wildman–Crippen LogP) is 1.29. The smallest absolute Gasteiger partial charge is 0.267 e. The number of halogens is 1. The van der Waals surface area contributed by atoms with Gasteiger partial charge in [-0.15, -0.1) is 0 Å². The SMILES string of the molecule is Cc1ccc(C(=O)NS(=O)(=O)CC2(N(C)C)CC2)c(F)c1. The van der Waals surface area contributed by atoms with Crippen molar-refractivity contribution in [3.63, 3.8) is 0 Å². The number of nitrogens with one attached hydrogen (secondary N) is 1. The maximum atomic E-state index is 13.7. The van der Waals surface area contributed by atoms with Gasteiger partial charge in [0.05, 0.1) is 11.3 Å². The zero-order valence-corrected chi connectivity index (χ0v) is 13.1. The first kappa shape index (κ1) is 15.9. The topological polar surface area (TPSA) is 66.5 Å². The van der Waals surface area contributed by atoms with Crippen LogP contribution in [0.15, 0.2) is 18.2 Å². The fraction of sp³-hybridized carbons (Fsp3) is 0.500. The lowest BCUT2D eigenvalue weighted by atomic mass is 10.1. The Kier molecular flexibility index (Phi) is 4.08. The Bertz CT molecular complexity index is 667. The van der Waals surface area contributed by atoms with E-state index in [1.807, 2.05) is 23.7 Å². The summed E-state index contributed by atoms with van der Waals surface area (Å²) in [5, 5.41) is 0. The highest BCUT2D eigenvalue weighted by molar-refractivity contribution is 7.90. The van der Waals surface area contributed by atoms with Crippen molar-refractivity contribution in [2.75, 3.05) is 19.8 Å². The number of benzene rings is 1. The lowest BCUT2D eigenvalue weighted by molar-refractivity contribution is 0.0977. The van der Waals surface area contributed by atoms with Gasteiger partial charge < -0.3 is 4.90 Å². The van der Waals surface area contributed by atoms with Crippen LogP contribution < -0.4 is 4.72 Å². The highest BCUT2D eigenvalue weighted by atomic mass is 32.2. The van der Waals surface area contributed by atoms with Gasteiger partial charge in [-0.25, -0.2) is 17.5 Å². The molecule has 0 aromatic heterocycles. The van der Waals surface area contributed by atoms with E-state index < -0.39 is 27.3 Å². The van der Waals surface area contributed by atoms with E-state index >= 15 is 0 Å². The van der Waals surface area contributed by atoms with Crippen LogP contribution in [0.1, 0.15) is 28.8 Å². The minimum Gasteiger partial charge on any atom is -0.303 e. The Hall–Kier alpha value is -1.47. The van der Waals surface area contributed by atoms with Gasteiger partial charge in [0, 0.05) is 5.54 Å². The van der Waals surface area contributed by atoms with Crippen molar-refractivity contribution in [1.82, 2.24) is 9.62 Å². The van der Waals surface area contributed by atoms with Crippen LogP contribution >= 0.6 is 0 Å². The third-order valence-corrected chi connectivity index (χ3v) is 5.27. The number of nitrogens with zero attached hydrogens (tertiary/aromatic N) is 1. The quantitative estimate of drug-likeness (QED) is 0.889. The van der Waals surface area contributed by atoms with Gasteiger partial charge in [0.25, 0.3) is 5.91 Å². The third kappa shape index (κ3) is 3.59. The number of sulfonamides is 1. The largest absolute Gasteiger partial charge is 0.303 e. The zero-order chi connectivity index (χ0) is 15.8. The normalized spacial score (nSPS) is 16.8. The van der Waals surface area contributed by atoms with Crippen LogP contribution in [0.4, 0.5) is 4.39 Å². The molecule has 2 rings (SSSR count). The van der Waals surface area contributed by atoms with Crippen molar-refractivity contribution in [2.45, 2.75) is 25.3 Å². The molecular formula is C14H19FN2O3S. The lowest BCUT2D eigenvalue weighted by Crippen LogP contribution is -2.43. The summed E-state index contributed by atoms with van der Waals surface area (Å²) in [6.45, 7) is 1.69. The third-order valence-electron chi connectivity index (χ3n) is 3.85. The summed E-state index contributed by atoms with van der Waals surface area (Å²) >= 11 is 0. The fourth-order valence-corrected chi connectivity index (χ4v) is 3.97. The van der Waals surface area contributed by atoms with Gasteiger partial charge in [0.1, 0.15) is 5.82 Å². The molecule has 0 unspecified atom stereocenters. The second-order valence-electron chi connectivity index (χ2n) is 5.79. The highest BCUT2D eigenvalue weighted by Crippen LogP contribution is 2.40. The minimum absolute atomic E-state index is 0.160. The standard InChI is InChI=1S/C14H19FN2O3S/c1-10-4-5-11(12(15)8-10)13(18)16-21(19,20)9-14(6-7-14)17(2)3/h4-5,8H,6-7,9H2,1-3H3,(H,16,18). The van der Waals surface area contributed by atoms with Crippen LogP contribution in [0.25, 0.3) is 0 Å². The number of hydrogen-bond acceptors (Lipinski definition) is 4. The fourth-order valence-electron chi connectivity index (χ4n) is 2.26. The van der Waals surface area contributed by atoms with E-state index in [0.717, 1.165) is 12.8 Å². The van der Waals surface area contributed by atoms with Crippen molar-refractivity contribution in [3.8, 4) is 0 Å². The molecule has 7 heteroatoms. The van der Waals surface area contributed by atoms with Crippen LogP contribution in [0.2, 0.25) is 0 Å². The van der Waals surface area contributed by atoms with E-state index in [4.69, 9.17) is 0 Å². The van der Waals surface area contributed by atoms with Crippen molar-refractivity contribution in [2.24, 2.45) is 0 Å². The summed E-state index contributed by atoms with van der Waals surface area (Å²) in [5.74, 6) is -1.81. The van der Waals surface area contributed by atoms with E-state index in [2.05, 4.69) is 0 Å². The summed E-state index contributed by atoms with van der Waals surface area (Å²) in [5.41, 5.74) is -0.00638. The van der Waals surface area contributed by atoms with Gasteiger partial charge in [-0.3, -0.25) is 4.79 Å². The van der Waals surface area contributed by atoms with Gasteiger partial charge in [0.2, 0.25) is 10.0 Å². The molecule has 1 N–H and O–H groups in total. The molecule has 1 aliphatic rings. The van der Waals surface area contributed by atoms with E-state index in [0.29, 0.717) is 5.56 Å². The van der Waals surface area contributed by atoms with Crippen molar-refractivity contribution in [3.05, 3.63) is 35.1 Å². The molecule has 1 amide bonds. The Balaban J connectivity index is 2.11. The molecule has 0 bridgehead atoms. The molecule has 1 fully saturated rings. The average molecular weight is 314 g/mol. The number of hydrogen-bond donors (Lipinski definition) is 1. The molecule has 5 nitrogen and oxygen atoms in total. The van der Waals surface area contributed by atoms with Gasteiger partial charge in [0.15, 0.2) is 0 Å². The summed E-state index contributed by atoms with van der Waals surface area (Å²) in [7, 11) is -0.185. The molecule has 0 heterocycles. The summed E-state index contributed by atoms with van der Waals surface area (Å²) in [6.07, 6.45) is 1.54. The number of amides is 1. The first-order valence-electron chi connectivity index (χ1n) is 6.64. The Morgan fingerprint density at radius 3 is 2.48 bits per heavy atom. The van der Waals surface area contributed by atoms with Crippen molar-refractivity contribution < 1.29 is 17.6 Å². The van der Waals surface area contributed by atoms with Crippen LogP contribution in [0.3, 0.4) is 0 Å². The maximum absolute atomic E-state index is 13.7. The molecule has 0 atom stereocenters. The molecule has 0 radical (unpaired) electrons. The molecule has 0 spiro atoms. The van der Waals surface area contributed by atoms with E-state index in [1.165, 1.54) is 12.1 Å². The number of rotatable bonds is 5. The van der Waals surface area contributed by atoms with E-state index in [9.17, 15) is 17.6 Å². The number of carbonyl (C=O) groups is 1. The average Bonchev–Trinajstić information content (AvgIpc) is 3.07. The molecule has 1 saturated carbocycles. The van der Waals surface area contributed by atoms with Crippen LogP contribution in [0.5, 0.6) is 0 Å². The molecule has 1 aliphatic carbocycles. The monoisotopic (exact) mass is 314 g/mol. The van der Waals surface area contributed by atoms with Gasteiger partial charge in [-0.05, 0) is 51.6 Å². The molecule has 116 valence electrons. The van der Waals surface area contributed by atoms with Crippen LogP contribution in [-0.2, 0) is 10.0 Å². The number of carbonyl (C=O) groups excluding carboxylic acids is 1. The van der Waals surface area contributed by atoms with Crippen LogP contribution in [-0.4, -0.2) is 44.6 Å². The van der Waals surface area contributed by atoms with Crippen LogP contribution in [0, 0.1) is 12.7 Å². The Labute approximate surface area is 124 Å². The Morgan fingerprint density at radius 2 is 2.00 bits per heavy atom. The molecular weight excluding hydrogens is 295 g/mol. The molecule has 0 aliphatic heterocycles. The lowest BCUT2D eigenvalue weighted by Gasteiger charge is -2.23. The first-order valence-corrected chi connectivity index (χ1v) is 8.29. The summed E-state index contributed by atoms with van der Waals surface area (Å²) < 4.78 is 39.8. The summed E-state index contributed by atoms with van der Waals surface area (Å²) in [6, 6.07) is 4.05. The van der Waals surface area contributed by atoms with Crippen molar-refractivity contribution >= 4 is 15.9 Å². The summed E-state index contributed by atoms with van der Waals surface area (Å²) in [4.78, 5) is 13.8. The molecule has 1 aromatic carbocycles. The number of aryl methyl sites for hydroxylation is 1. The highest BCUT2D eigenvalue weighted by Gasteiger charge is 2.48. The minimum atomic E-state index is -3.80. The second-order valence-corrected chi connectivity index (χ2v) is 7.51. The van der Waals surface area contributed by atoms with Gasteiger partial charge in [-0.2, -0.15) is 0 Å². The zero-order valence-electron chi connectivity index (χ0n) is 12.3. The Morgan fingerprint density at radius 1 is 1.38 bits per heavy atom. The van der Waals surface area contributed by atoms with E-state index in [1.54, 1.807) is 13.0 Å². The second kappa shape index (κ2) is 5.38. The molecule has 0 saturated heterocycles. The van der Waals surface area contributed by atoms with Gasteiger partial charge >= 0.3 is 0 Å². The molecule has 21 heavy (non-hydrogen) atoms. The van der Waals surface area contributed by atoms with Gasteiger partial charge in [-0.1, -0.05) is 6.07 Å². The molecule has 1 aromatic rings. The van der Waals surface area contributed by atoms with E-state index in [-0.39, 0.29) is 11.3 Å².